The van der Waals surface area contributed by atoms with Gasteiger partial charge in [-0.25, -0.2) is 13.4 Å². The lowest BCUT2D eigenvalue weighted by atomic mass is 10.3. The van der Waals surface area contributed by atoms with Crippen molar-refractivity contribution < 1.29 is 22.6 Å². The second kappa shape index (κ2) is 9.41. The number of ether oxygens (including phenoxy) is 3. The molecule has 0 aliphatic carbocycles. The number of methoxy groups -OCH3 is 1. The van der Waals surface area contributed by atoms with E-state index in [1.165, 1.54) is 22.3 Å². The summed E-state index contributed by atoms with van der Waals surface area (Å²) in [6, 6.07) is 10.7. The van der Waals surface area contributed by atoms with Gasteiger partial charge < -0.3 is 14.2 Å². The fourth-order valence-corrected chi connectivity index (χ4v) is 4.54. The summed E-state index contributed by atoms with van der Waals surface area (Å²) in [5.41, 5.74) is 0. The van der Waals surface area contributed by atoms with Crippen LogP contribution in [0.4, 0.5) is 0 Å². The first kappa shape index (κ1) is 19.9. The molecular weight excluding hydrogens is 388 g/mol. The summed E-state index contributed by atoms with van der Waals surface area (Å²) in [4.78, 5) is 4.47. The average Bonchev–Trinajstić information content (AvgIpc) is 2.72. The summed E-state index contributed by atoms with van der Waals surface area (Å²) in [5.74, 6) is 2.26. The van der Waals surface area contributed by atoms with Crippen LogP contribution < -0.4 is 9.47 Å². The van der Waals surface area contributed by atoms with Crippen LogP contribution in [0.3, 0.4) is 0 Å². The molecule has 9 heteroatoms. The van der Waals surface area contributed by atoms with Gasteiger partial charge in [-0.05, 0) is 36.4 Å². The first-order valence-corrected chi connectivity index (χ1v) is 11.0. The van der Waals surface area contributed by atoms with E-state index >= 15 is 0 Å². The number of nitrogens with zero attached hydrogens (tertiary/aromatic N) is 2. The molecule has 27 heavy (non-hydrogen) atoms. The Bertz CT molecular complexity index is 820. The molecule has 0 atom stereocenters. The van der Waals surface area contributed by atoms with Gasteiger partial charge in [-0.2, -0.15) is 4.31 Å². The molecule has 146 valence electrons. The Morgan fingerprint density at radius 2 is 1.81 bits per heavy atom. The standard InChI is InChI=1S/C18H22N2O5S2/c1-23-15-2-4-16(5-3-15)25-12-13-26-18-7-6-17(14-19-18)27(21,22)20-8-10-24-11-9-20/h2-7,14H,8-13H2,1H3. The van der Waals surface area contributed by atoms with Crippen molar-refractivity contribution in [3.8, 4) is 11.5 Å². The topological polar surface area (TPSA) is 78.0 Å². The molecule has 1 fully saturated rings. The van der Waals surface area contributed by atoms with Gasteiger partial charge in [0.05, 0.1) is 32.0 Å². The predicted molar refractivity (Wildman–Crippen MR) is 103 cm³/mol. The normalized spacial score (nSPS) is 15.4. The Kier molecular flexibility index (Phi) is 6.95. The molecule has 0 saturated carbocycles. The maximum Gasteiger partial charge on any atom is 0.244 e. The molecule has 0 unspecified atom stereocenters. The van der Waals surface area contributed by atoms with Crippen LogP contribution in [0.25, 0.3) is 0 Å². The van der Waals surface area contributed by atoms with Crippen LogP contribution in [0.2, 0.25) is 0 Å². The Balaban J connectivity index is 1.48. The maximum atomic E-state index is 12.6. The van der Waals surface area contributed by atoms with Gasteiger partial charge in [-0.3, -0.25) is 0 Å². The zero-order valence-electron chi connectivity index (χ0n) is 15.0. The Labute approximate surface area is 163 Å². The van der Waals surface area contributed by atoms with Crippen molar-refractivity contribution in [2.24, 2.45) is 0 Å². The van der Waals surface area contributed by atoms with Crippen molar-refractivity contribution in [2.75, 3.05) is 45.8 Å². The summed E-state index contributed by atoms with van der Waals surface area (Å²) >= 11 is 1.51. The molecule has 7 nitrogen and oxygen atoms in total. The van der Waals surface area contributed by atoms with Crippen molar-refractivity contribution in [1.29, 1.82) is 0 Å². The number of sulfonamides is 1. The second-order valence-corrected chi connectivity index (χ2v) is 8.77. The highest BCUT2D eigenvalue weighted by Gasteiger charge is 2.26. The first-order valence-electron chi connectivity index (χ1n) is 8.53. The molecule has 2 aromatic rings. The number of aromatic nitrogens is 1. The van der Waals surface area contributed by atoms with Gasteiger partial charge >= 0.3 is 0 Å². The zero-order valence-corrected chi connectivity index (χ0v) is 16.7. The molecule has 0 bridgehead atoms. The molecule has 1 aromatic carbocycles. The van der Waals surface area contributed by atoms with Crippen LogP contribution in [0.5, 0.6) is 11.5 Å². The van der Waals surface area contributed by atoms with Crippen molar-refractivity contribution in [2.45, 2.75) is 9.92 Å². The fraction of sp³-hybridized carbons (Fsp3) is 0.389. The van der Waals surface area contributed by atoms with Gasteiger partial charge in [-0.15, -0.1) is 11.8 Å². The Hall–Kier alpha value is -1.81. The average molecular weight is 411 g/mol. The summed E-state index contributed by atoms with van der Waals surface area (Å²) < 4.78 is 42.5. The van der Waals surface area contributed by atoms with Gasteiger partial charge in [0.1, 0.15) is 16.4 Å². The van der Waals surface area contributed by atoms with E-state index < -0.39 is 10.0 Å². The highest BCUT2D eigenvalue weighted by atomic mass is 32.2. The largest absolute Gasteiger partial charge is 0.497 e. The van der Waals surface area contributed by atoms with E-state index in [0.29, 0.717) is 38.7 Å². The molecule has 2 heterocycles. The summed E-state index contributed by atoms with van der Waals surface area (Å²) in [5, 5.41) is 0.759. The molecule has 0 spiro atoms. The highest BCUT2D eigenvalue weighted by molar-refractivity contribution is 7.99. The maximum absolute atomic E-state index is 12.6. The van der Waals surface area contributed by atoms with Crippen LogP contribution >= 0.6 is 11.8 Å². The number of thioether (sulfide) groups is 1. The van der Waals surface area contributed by atoms with Gasteiger partial charge in [0, 0.05) is 25.0 Å². The minimum atomic E-state index is -3.50. The molecule has 1 aromatic heterocycles. The number of hydrogen-bond acceptors (Lipinski definition) is 7. The minimum Gasteiger partial charge on any atom is -0.497 e. The summed E-state index contributed by atoms with van der Waals surface area (Å²) in [6.07, 6.45) is 1.41. The van der Waals surface area contributed by atoms with Gasteiger partial charge in [-0.1, -0.05) is 0 Å². The molecule has 0 N–H and O–H groups in total. The lowest BCUT2D eigenvalue weighted by Gasteiger charge is -2.25. The predicted octanol–water partition coefficient (Wildman–Crippen LogP) is 2.28. The second-order valence-electron chi connectivity index (χ2n) is 5.72. The molecule has 0 radical (unpaired) electrons. The molecule has 0 amide bonds. The lowest BCUT2D eigenvalue weighted by Crippen LogP contribution is -2.40. The van der Waals surface area contributed by atoms with E-state index in [0.717, 1.165) is 16.5 Å². The van der Waals surface area contributed by atoms with E-state index in [1.54, 1.807) is 19.2 Å². The fourth-order valence-electron chi connectivity index (χ4n) is 2.52. The highest BCUT2D eigenvalue weighted by Crippen LogP contribution is 2.21. The van der Waals surface area contributed by atoms with Crippen molar-refractivity contribution in [1.82, 2.24) is 9.29 Å². The third kappa shape index (κ3) is 5.35. The quantitative estimate of drug-likeness (QED) is 0.488. The van der Waals surface area contributed by atoms with Crippen molar-refractivity contribution in [3.63, 3.8) is 0 Å². The Morgan fingerprint density at radius 3 is 2.44 bits per heavy atom. The van der Waals surface area contributed by atoms with E-state index in [4.69, 9.17) is 14.2 Å². The van der Waals surface area contributed by atoms with Crippen LogP contribution in [-0.4, -0.2) is 63.5 Å². The van der Waals surface area contributed by atoms with Gasteiger partial charge in [0.15, 0.2) is 0 Å². The van der Waals surface area contributed by atoms with Crippen LogP contribution in [0.1, 0.15) is 0 Å². The van der Waals surface area contributed by atoms with Crippen LogP contribution in [0, 0.1) is 0 Å². The first-order chi connectivity index (χ1) is 13.1. The van der Waals surface area contributed by atoms with Crippen LogP contribution in [-0.2, 0) is 14.8 Å². The summed E-state index contributed by atoms with van der Waals surface area (Å²) in [7, 11) is -1.88. The van der Waals surface area contributed by atoms with Gasteiger partial charge in [0.2, 0.25) is 10.0 Å². The number of pyridine rings is 1. The van der Waals surface area contributed by atoms with Gasteiger partial charge in [0.25, 0.3) is 0 Å². The SMILES string of the molecule is COc1ccc(OCCSc2ccc(S(=O)(=O)N3CCOCC3)cn2)cc1. The number of morpholine rings is 1. The zero-order chi connectivity index (χ0) is 19.1. The monoisotopic (exact) mass is 410 g/mol. The molecule has 1 saturated heterocycles. The molecule has 1 aliphatic heterocycles. The van der Waals surface area contributed by atoms with E-state index in [9.17, 15) is 8.42 Å². The lowest BCUT2D eigenvalue weighted by molar-refractivity contribution is 0.0730. The van der Waals surface area contributed by atoms with Crippen LogP contribution in [0.15, 0.2) is 52.5 Å². The van der Waals surface area contributed by atoms with E-state index in [1.807, 2.05) is 24.3 Å². The van der Waals surface area contributed by atoms with Crippen molar-refractivity contribution in [3.05, 3.63) is 42.6 Å². The number of hydrogen-bond donors (Lipinski definition) is 0. The van der Waals surface area contributed by atoms with Crippen molar-refractivity contribution >= 4 is 21.8 Å². The molecule has 3 rings (SSSR count). The van der Waals surface area contributed by atoms with E-state index in [2.05, 4.69) is 4.98 Å². The third-order valence-electron chi connectivity index (χ3n) is 3.98. The summed E-state index contributed by atoms with van der Waals surface area (Å²) in [6.45, 7) is 2.12. The van der Waals surface area contributed by atoms with E-state index in [-0.39, 0.29) is 4.90 Å². The molecule has 1 aliphatic rings. The third-order valence-corrected chi connectivity index (χ3v) is 6.77. The number of rotatable bonds is 8. The minimum absolute atomic E-state index is 0.211. The smallest absolute Gasteiger partial charge is 0.244 e. The Morgan fingerprint density at radius 1 is 1.11 bits per heavy atom. The molecular formula is C18H22N2O5S2. The number of benzene rings is 1.